The molecule has 10 nitrogen and oxygen atoms in total. The molecular weight excluding hydrogens is 392 g/mol. The van der Waals surface area contributed by atoms with Gasteiger partial charge in [0.05, 0.1) is 0 Å². The second-order valence-corrected chi connectivity index (χ2v) is 6.74. The molecule has 0 unspecified atom stereocenters. The topological polar surface area (TPSA) is 134 Å². The third-order valence-electron chi connectivity index (χ3n) is 4.90. The quantitative estimate of drug-likeness (QED) is 0.429. The van der Waals surface area contributed by atoms with Crippen molar-refractivity contribution in [1.29, 1.82) is 0 Å². The molecule has 1 aliphatic heterocycles. The molecule has 1 aromatic carbocycles. The summed E-state index contributed by atoms with van der Waals surface area (Å²) in [6.07, 6.45) is -0.674. The molecule has 0 radical (unpaired) electrons. The van der Waals surface area contributed by atoms with Gasteiger partial charge in [-0.05, 0) is 19.8 Å². The fourth-order valence-electron chi connectivity index (χ4n) is 3.13. The third kappa shape index (κ3) is 4.94. The van der Waals surface area contributed by atoms with Crippen molar-refractivity contribution in [2.75, 3.05) is 13.1 Å². The molecule has 3 N–H and O–H groups in total. The molecule has 6 amide bonds. The minimum atomic E-state index is -1.43. The molecule has 1 heterocycles. The Balaban J connectivity index is 2.15. The lowest BCUT2D eigenvalue weighted by atomic mass is 9.93. The molecule has 1 saturated heterocycles. The molecular formula is C20H26N4O6. The van der Waals surface area contributed by atoms with E-state index in [2.05, 4.69) is 16.0 Å². The first-order valence-electron chi connectivity index (χ1n) is 9.75. The summed E-state index contributed by atoms with van der Waals surface area (Å²) < 4.78 is 5.27. The minimum Gasteiger partial charge on any atom is -0.446 e. The Kier molecular flexibility index (Phi) is 7.51. The largest absolute Gasteiger partial charge is 0.446 e. The van der Waals surface area contributed by atoms with Crippen molar-refractivity contribution < 1.29 is 28.7 Å². The smallest absolute Gasteiger partial charge is 0.327 e. The average Bonchev–Trinajstić information content (AvgIpc) is 2.97. The molecule has 162 valence electrons. The van der Waals surface area contributed by atoms with E-state index < -0.39 is 48.0 Å². The maximum atomic E-state index is 12.6. The van der Waals surface area contributed by atoms with Crippen LogP contribution in [0.15, 0.2) is 30.3 Å². The molecule has 1 aromatic rings. The third-order valence-corrected chi connectivity index (χ3v) is 4.90. The van der Waals surface area contributed by atoms with Gasteiger partial charge in [0.25, 0.3) is 11.8 Å². The lowest BCUT2D eigenvalue weighted by Gasteiger charge is -2.23. The number of carbonyl (C=O) groups excluding carboxylic acids is 5. The van der Waals surface area contributed by atoms with E-state index in [4.69, 9.17) is 4.74 Å². The van der Waals surface area contributed by atoms with Gasteiger partial charge < -0.3 is 15.4 Å². The van der Waals surface area contributed by atoms with Crippen LogP contribution in [0.1, 0.15) is 45.3 Å². The number of hydrogen-bond acceptors (Lipinski definition) is 6. The Morgan fingerprint density at radius 1 is 1.10 bits per heavy atom. The Morgan fingerprint density at radius 2 is 1.73 bits per heavy atom. The number of imide groups is 2. The number of esters is 1. The van der Waals surface area contributed by atoms with Crippen LogP contribution in [0, 0.1) is 0 Å². The zero-order valence-electron chi connectivity index (χ0n) is 17.2. The highest BCUT2D eigenvalue weighted by Crippen LogP contribution is 2.25. The van der Waals surface area contributed by atoms with Gasteiger partial charge in [-0.3, -0.25) is 24.6 Å². The number of benzene rings is 1. The molecule has 30 heavy (non-hydrogen) atoms. The van der Waals surface area contributed by atoms with Crippen molar-refractivity contribution in [3.8, 4) is 0 Å². The summed E-state index contributed by atoms with van der Waals surface area (Å²) in [5.74, 6) is -2.33. The number of hydrogen-bond donors (Lipinski definition) is 3. The summed E-state index contributed by atoms with van der Waals surface area (Å²) in [4.78, 5) is 62.3. The fourth-order valence-corrected chi connectivity index (χ4v) is 3.13. The van der Waals surface area contributed by atoms with E-state index in [1.165, 1.54) is 0 Å². The van der Waals surface area contributed by atoms with E-state index >= 15 is 0 Å². The Morgan fingerprint density at radius 3 is 2.27 bits per heavy atom. The van der Waals surface area contributed by atoms with Crippen LogP contribution in [0.4, 0.5) is 9.59 Å². The number of nitrogens with zero attached hydrogens (tertiary/aromatic N) is 1. The number of urea groups is 2. The van der Waals surface area contributed by atoms with Crippen molar-refractivity contribution in [2.45, 2.75) is 45.3 Å². The van der Waals surface area contributed by atoms with Gasteiger partial charge in [-0.15, -0.1) is 0 Å². The summed E-state index contributed by atoms with van der Waals surface area (Å²) >= 11 is 0. The number of ether oxygens (including phenoxy) is 1. The molecule has 0 spiro atoms. The van der Waals surface area contributed by atoms with E-state index in [1.807, 2.05) is 0 Å². The van der Waals surface area contributed by atoms with Crippen LogP contribution in [-0.4, -0.2) is 53.4 Å². The monoisotopic (exact) mass is 418 g/mol. The SMILES string of the molecule is CCNC(=O)NC(=O)[C@H](OC(=O)CN1C(=O)NC(CC)(CC)C1=O)c1ccccc1. The van der Waals surface area contributed by atoms with Gasteiger partial charge in [-0.1, -0.05) is 44.2 Å². The molecule has 0 saturated carbocycles. The lowest BCUT2D eigenvalue weighted by molar-refractivity contribution is -0.158. The average molecular weight is 418 g/mol. The van der Waals surface area contributed by atoms with Gasteiger partial charge in [0.2, 0.25) is 6.10 Å². The normalized spacial score (nSPS) is 15.9. The van der Waals surface area contributed by atoms with Crippen LogP contribution in [0.3, 0.4) is 0 Å². The van der Waals surface area contributed by atoms with Crippen molar-refractivity contribution in [3.05, 3.63) is 35.9 Å². The summed E-state index contributed by atoms with van der Waals surface area (Å²) in [6.45, 7) is 4.87. The fraction of sp³-hybridized carbons (Fsp3) is 0.450. The summed E-state index contributed by atoms with van der Waals surface area (Å²) in [6, 6.07) is 6.69. The van der Waals surface area contributed by atoms with Crippen molar-refractivity contribution in [2.24, 2.45) is 0 Å². The van der Waals surface area contributed by atoms with E-state index in [9.17, 15) is 24.0 Å². The maximum absolute atomic E-state index is 12.6. The Labute approximate surface area is 174 Å². The zero-order chi connectivity index (χ0) is 22.3. The van der Waals surface area contributed by atoms with Crippen LogP contribution in [0.25, 0.3) is 0 Å². The molecule has 0 bridgehead atoms. The standard InChI is InChI=1S/C20H26N4O6/c1-4-20(5-2)17(27)24(19(29)23-20)12-14(25)30-15(13-10-8-7-9-11-13)16(26)22-18(28)21-6-3/h7-11,15H,4-6,12H2,1-3H3,(H,23,29)(H2,21,22,26,28)/t15-/m1/s1. The lowest BCUT2D eigenvalue weighted by Crippen LogP contribution is -2.46. The zero-order valence-corrected chi connectivity index (χ0v) is 17.2. The van der Waals surface area contributed by atoms with Gasteiger partial charge in [0.1, 0.15) is 12.1 Å². The molecule has 2 rings (SSSR count). The van der Waals surface area contributed by atoms with Gasteiger partial charge in [0, 0.05) is 12.1 Å². The van der Waals surface area contributed by atoms with Crippen molar-refractivity contribution in [1.82, 2.24) is 20.9 Å². The van der Waals surface area contributed by atoms with Gasteiger partial charge in [0.15, 0.2) is 0 Å². The number of amides is 6. The summed E-state index contributed by atoms with van der Waals surface area (Å²) in [5, 5.41) is 7.13. The van der Waals surface area contributed by atoms with Crippen molar-refractivity contribution in [3.63, 3.8) is 0 Å². The molecule has 1 aliphatic rings. The second kappa shape index (κ2) is 9.86. The number of rotatable bonds is 8. The predicted molar refractivity (Wildman–Crippen MR) is 106 cm³/mol. The first-order valence-corrected chi connectivity index (χ1v) is 9.75. The molecule has 1 atom stereocenters. The molecule has 0 aliphatic carbocycles. The van der Waals surface area contributed by atoms with E-state index in [1.54, 1.807) is 51.1 Å². The molecule has 1 fully saturated rings. The van der Waals surface area contributed by atoms with E-state index in [0.717, 1.165) is 4.90 Å². The van der Waals surface area contributed by atoms with E-state index in [0.29, 0.717) is 24.9 Å². The predicted octanol–water partition coefficient (Wildman–Crippen LogP) is 1.23. The highest BCUT2D eigenvalue weighted by Gasteiger charge is 2.49. The molecule has 0 aromatic heterocycles. The second-order valence-electron chi connectivity index (χ2n) is 6.74. The van der Waals surface area contributed by atoms with Crippen LogP contribution in [-0.2, 0) is 19.1 Å². The van der Waals surface area contributed by atoms with Crippen LogP contribution in [0.5, 0.6) is 0 Å². The Bertz CT molecular complexity index is 822. The Hall–Kier alpha value is -3.43. The summed E-state index contributed by atoms with van der Waals surface area (Å²) in [7, 11) is 0. The first kappa shape index (κ1) is 22.9. The van der Waals surface area contributed by atoms with Crippen molar-refractivity contribution >= 4 is 29.8 Å². The van der Waals surface area contributed by atoms with Crippen LogP contribution < -0.4 is 16.0 Å². The van der Waals surface area contributed by atoms with Crippen LogP contribution in [0.2, 0.25) is 0 Å². The number of nitrogens with one attached hydrogen (secondary N) is 3. The number of carbonyl (C=O) groups is 5. The summed E-state index contributed by atoms with van der Waals surface area (Å²) in [5.41, 5.74) is -0.715. The van der Waals surface area contributed by atoms with E-state index in [-0.39, 0.29) is 0 Å². The first-order chi connectivity index (χ1) is 14.3. The van der Waals surface area contributed by atoms with Crippen LogP contribution >= 0.6 is 0 Å². The minimum absolute atomic E-state index is 0.303. The molecule has 10 heteroatoms. The van der Waals surface area contributed by atoms with Gasteiger partial charge in [-0.25, -0.2) is 9.59 Å². The maximum Gasteiger partial charge on any atom is 0.327 e. The van der Waals surface area contributed by atoms with Gasteiger partial charge >= 0.3 is 18.0 Å². The highest BCUT2D eigenvalue weighted by molar-refractivity contribution is 6.08. The van der Waals surface area contributed by atoms with Gasteiger partial charge in [-0.2, -0.15) is 0 Å². The highest BCUT2D eigenvalue weighted by atomic mass is 16.5.